The van der Waals surface area contributed by atoms with Crippen molar-refractivity contribution in [2.24, 2.45) is 0 Å². The van der Waals surface area contributed by atoms with Crippen LogP contribution >= 0.6 is 0 Å². The predicted molar refractivity (Wildman–Crippen MR) is 170 cm³/mol. The molecule has 0 spiro atoms. The number of benzene rings is 3. The molecule has 1 aliphatic rings. The number of hydrogen-bond donors (Lipinski definition) is 7. The number of ether oxygens (including phenoxy) is 1. The van der Waals surface area contributed by atoms with Crippen LogP contribution in [0.25, 0.3) is 0 Å². The number of rotatable bonds is 18. The number of amides is 4. The van der Waals surface area contributed by atoms with Crippen molar-refractivity contribution in [1.82, 2.24) is 26.7 Å². The summed E-state index contributed by atoms with van der Waals surface area (Å²) in [6.07, 6.45) is 0.829. The number of aliphatic carboxylic acids is 1. The topological polar surface area (TPSA) is 205 Å². The van der Waals surface area contributed by atoms with Gasteiger partial charge in [0.05, 0.1) is 0 Å². The Bertz CT molecular complexity index is 1500. The maximum Gasteiger partial charge on any atom is 0.326 e. The van der Waals surface area contributed by atoms with Crippen LogP contribution in [-0.4, -0.2) is 70.6 Å². The fraction of sp³-hybridized carbons (Fsp3) is 0.324. The number of carbonyl (C=O) groups is 5. The number of hydrogen-bond acceptors (Lipinski definition) is 8. The second-order valence-electron chi connectivity index (χ2n) is 11.2. The Balaban J connectivity index is 1.27. The summed E-state index contributed by atoms with van der Waals surface area (Å²) in [4.78, 5) is 62.2. The first-order valence-electron chi connectivity index (χ1n) is 15.3. The fourth-order valence-electron chi connectivity index (χ4n) is 4.90. The van der Waals surface area contributed by atoms with Crippen molar-refractivity contribution in [2.75, 3.05) is 6.54 Å². The van der Waals surface area contributed by atoms with Gasteiger partial charge in [-0.05, 0) is 48.1 Å². The lowest BCUT2D eigenvalue weighted by atomic mass is 10.1. The Kier molecular flexibility index (Phi) is 12.8. The van der Waals surface area contributed by atoms with Crippen LogP contribution in [0, 0.1) is 0 Å². The van der Waals surface area contributed by atoms with Crippen molar-refractivity contribution in [2.45, 2.75) is 62.9 Å². The van der Waals surface area contributed by atoms with Crippen LogP contribution < -0.4 is 31.5 Å². The van der Waals surface area contributed by atoms with E-state index < -0.39 is 53.8 Å². The van der Waals surface area contributed by atoms with Crippen LogP contribution in [0.15, 0.2) is 84.9 Å². The molecule has 1 aliphatic heterocycles. The minimum Gasteiger partial charge on any atom is -0.489 e. The van der Waals surface area contributed by atoms with E-state index in [1.807, 2.05) is 60.7 Å². The van der Waals surface area contributed by atoms with Gasteiger partial charge in [0.1, 0.15) is 36.5 Å². The van der Waals surface area contributed by atoms with Crippen LogP contribution in [0.1, 0.15) is 36.0 Å². The third-order valence-electron chi connectivity index (χ3n) is 7.58. The highest BCUT2D eigenvalue weighted by atomic mass is 16.5. The summed E-state index contributed by atoms with van der Waals surface area (Å²) in [5, 5.41) is 29.2. The molecular weight excluding hydrogens is 606 g/mol. The van der Waals surface area contributed by atoms with E-state index in [0.717, 1.165) is 11.1 Å². The first-order chi connectivity index (χ1) is 22.7. The minimum atomic E-state index is -1.24. The molecular formula is C34H39N5O8. The Morgan fingerprint density at radius 1 is 0.766 bits per heavy atom. The molecule has 0 bridgehead atoms. The third-order valence-corrected chi connectivity index (χ3v) is 7.58. The highest BCUT2D eigenvalue weighted by molar-refractivity contribution is 6.00. The van der Waals surface area contributed by atoms with Gasteiger partial charge in [0.15, 0.2) is 0 Å². The van der Waals surface area contributed by atoms with E-state index in [0.29, 0.717) is 30.9 Å². The average molecular weight is 646 g/mol. The molecule has 248 valence electrons. The Morgan fingerprint density at radius 2 is 1.36 bits per heavy atom. The van der Waals surface area contributed by atoms with Gasteiger partial charge >= 0.3 is 5.97 Å². The summed E-state index contributed by atoms with van der Waals surface area (Å²) in [6, 6.07) is 21.9. The lowest BCUT2D eigenvalue weighted by molar-refractivity contribution is -0.141. The smallest absolute Gasteiger partial charge is 0.326 e. The van der Waals surface area contributed by atoms with Gasteiger partial charge in [0.25, 0.3) is 0 Å². The quantitative estimate of drug-likeness (QED) is 0.0603. The molecule has 4 atom stereocenters. The minimum absolute atomic E-state index is 0.0102. The molecule has 4 rings (SSSR count). The van der Waals surface area contributed by atoms with Crippen molar-refractivity contribution in [1.29, 1.82) is 0 Å². The largest absolute Gasteiger partial charge is 0.489 e. The standard InChI is InChI=1S/C34H39N5O8/c40-28(39-46)13-7-12-26(31(41)35-19-18-22-8-3-1-4-9-22)36-32(42)29-30(38-29)33(43)37-27(34(44)45)20-23-14-16-25(17-15-23)47-21-24-10-5-2-6-11-24/h1-6,8-11,14-17,26-27,29-30,38,46H,7,12-13,18-21H2,(H,35,41)(H,36,42)(H,37,43)(H,39,40)(H,44,45)/t26-,27-,29-,30-/m0/s1. The predicted octanol–water partition coefficient (Wildman–Crippen LogP) is 1.24. The first kappa shape index (κ1) is 34.6. The number of carbonyl (C=O) groups excluding carboxylic acids is 4. The molecule has 1 saturated heterocycles. The maximum absolute atomic E-state index is 13.0. The van der Waals surface area contributed by atoms with Gasteiger partial charge in [0.2, 0.25) is 23.6 Å². The van der Waals surface area contributed by atoms with E-state index >= 15 is 0 Å². The highest BCUT2D eigenvalue weighted by Gasteiger charge is 2.49. The Labute approximate surface area is 272 Å². The Morgan fingerprint density at radius 3 is 1.96 bits per heavy atom. The SMILES string of the molecule is O=C(CCC[C@H](NC(=O)[C@H]1N[C@@H]1C(=O)N[C@@H](Cc1ccc(OCc2ccccc2)cc1)C(=O)O)C(=O)NCCc1ccccc1)NO. The monoisotopic (exact) mass is 645 g/mol. The van der Waals surface area contributed by atoms with E-state index in [2.05, 4.69) is 21.3 Å². The van der Waals surface area contributed by atoms with Crippen molar-refractivity contribution >= 4 is 29.6 Å². The summed E-state index contributed by atoms with van der Waals surface area (Å²) in [7, 11) is 0. The molecule has 0 unspecified atom stereocenters. The normalized spacial score (nSPS) is 16.2. The number of carboxylic acids is 1. The van der Waals surface area contributed by atoms with Crippen molar-refractivity contribution < 1.29 is 39.0 Å². The zero-order valence-electron chi connectivity index (χ0n) is 25.7. The van der Waals surface area contributed by atoms with Crippen molar-refractivity contribution in [3.8, 4) is 5.75 Å². The number of hydroxylamine groups is 1. The van der Waals surface area contributed by atoms with Gasteiger partial charge in [-0.1, -0.05) is 72.8 Å². The van der Waals surface area contributed by atoms with E-state index in [1.54, 1.807) is 24.3 Å². The maximum atomic E-state index is 13.0. The summed E-state index contributed by atoms with van der Waals surface area (Å²) in [5.74, 6) is -2.97. The molecule has 7 N–H and O–H groups in total. The van der Waals surface area contributed by atoms with Gasteiger partial charge < -0.3 is 25.8 Å². The lowest BCUT2D eigenvalue weighted by Crippen LogP contribution is -2.49. The van der Waals surface area contributed by atoms with Gasteiger partial charge in [-0.2, -0.15) is 0 Å². The van der Waals surface area contributed by atoms with E-state index in [9.17, 15) is 29.1 Å². The number of nitrogens with one attached hydrogen (secondary N) is 5. The molecule has 3 aromatic rings. The van der Waals surface area contributed by atoms with Crippen molar-refractivity contribution in [3.63, 3.8) is 0 Å². The Hall–Kier alpha value is -5.27. The molecule has 1 heterocycles. The lowest BCUT2D eigenvalue weighted by Gasteiger charge is -2.18. The van der Waals surface area contributed by atoms with E-state index in [4.69, 9.17) is 9.94 Å². The molecule has 0 saturated carbocycles. The second kappa shape index (κ2) is 17.4. The van der Waals surface area contributed by atoms with Crippen LogP contribution in [-0.2, 0) is 43.4 Å². The molecule has 13 nitrogen and oxygen atoms in total. The van der Waals surface area contributed by atoms with Crippen molar-refractivity contribution in [3.05, 3.63) is 102 Å². The highest BCUT2D eigenvalue weighted by Crippen LogP contribution is 2.17. The summed E-state index contributed by atoms with van der Waals surface area (Å²) in [5.41, 5.74) is 4.23. The van der Waals surface area contributed by atoms with Crippen LogP contribution in [0.4, 0.5) is 0 Å². The summed E-state index contributed by atoms with van der Waals surface area (Å²) in [6.45, 7) is 0.705. The molecule has 1 fully saturated rings. The third kappa shape index (κ3) is 11.2. The second-order valence-corrected chi connectivity index (χ2v) is 11.2. The van der Waals surface area contributed by atoms with Gasteiger partial charge in [-0.3, -0.25) is 29.7 Å². The molecule has 47 heavy (non-hydrogen) atoms. The fourth-order valence-corrected chi connectivity index (χ4v) is 4.90. The molecule has 0 radical (unpaired) electrons. The molecule has 13 heteroatoms. The van der Waals surface area contributed by atoms with Gasteiger partial charge in [-0.15, -0.1) is 0 Å². The van der Waals surface area contributed by atoms with Gasteiger partial charge in [0, 0.05) is 19.4 Å². The molecule has 0 aromatic heterocycles. The summed E-state index contributed by atoms with van der Waals surface area (Å²) < 4.78 is 5.77. The zero-order valence-corrected chi connectivity index (χ0v) is 25.7. The zero-order chi connectivity index (χ0) is 33.6. The number of carboxylic acid groups (broad SMARTS) is 1. The average Bonchev–Trinajstić information content (AvgIpc) is 3.89. The molecule has 0 aliphatic carbocycles. The van der Waals surface area contributed by atoms with Crippen LogP contribution in [0.2, 0.25) is 0 Å². The van der Waals surface area contributed by atoms with Crippen LogP contribution in [0.5, 0.6) is 5.75 Å². The first-order valence-corrected chi connectivity index (χ1v) is 15.3. The van der Waals surface area contributed by atoms with Gasteiger partial charge in [-0.25, -0.2) is 10.3 Å². The van der Waals surface area contributed by atoms with E-state index in [-0.39, 0.29) is 25.7 Å². The van der Waals surface area contributed by atoms with Crippen LogP contribution in [0.3, 0.4) is 0 Å². The molecule has 4 amide bonds. The summed E-state index contributed by atoms with van der Waals surface area (Å²) >= 11 is 0. The molecule has 3 aromatic carbocycles. The van der Waals surface area contributed by atoms with E-state index in [1.165, 1.54) is 5.48 Å².